The maximum absolute atomic E-state index is 12.8. The second-order valence-electron chi connectivity index (χ2n) is 6.15. The van der Waals surface area contributed by atoms with E-state index in [4.69, 9.17) is 0 Å². The van der Waals surface area contributed by atoms with Gasteiger partial charge in [-0.25, -0.2) is 4.98 Å². The van der Waals surface area contributed by atoms with Crippen molar-refractivity contribution in [1.29, 1.82) is 0 Å². The van der Waals surface area contributed by atoms with Crippen LogP contribution < -0.4 is 5.32 Å². The van der Waals surface area contributed by atoms with Crippen molar-refractivity contribution >= 4 is 38.5 Å². The van der Waals surface area contributed by atoms with E-state index in [1.165, 1.54) is 11.3 Å². The molecule has 0 unspecified atom stereocenters. The minimum atomic E-state index is -0.424. The summed E-state index contributed by atoms with van der Waals surface area (Å²) in [6, 6.07) is 17.2. The third kappa shape index (κ3) is 2.89. The minimum Gasteiger partial charge on any atom is -0.338 e. The lowest BCUT2D eigenvalue weighted by atomic mass is 9.93. The van der Waals surface area contributed by atoms with Crippen LogP contribution in [-0.4, -0.2) is 28.7 Å². The van der Waals surface area contributed by atoms with Gasteiger partial charge in [0, 0.05) is 13.5 Å². The van der Waals surface area contributed by atoms with Gasteiger partial charge in [-0.15, -0.1) is 0 Å². The maximum atomic E-state index is 12.8. The Hall–Kier alpha value is -2.73. The number of likely N-dealkylation sites (tertiary alicyclic amines) is 1. The lowest BCUT2D eigenvalue weighted by molar-refractivity contribution is -0.127. The number of carbonyl (C=O) groups excluding carboxylic acids is 2. The summed E-state index contributed by atoms with van der Waals surface area (Å²) in [7, 11) is 1.75. The SMILES string of the molecule is CN1C(=O)C[C@H](C(=O)Nc2nc3ccccc3s2)[C@H]1c1ccccc1. The van der Waals surface area contributed by atoms with Gasteiger partial charge in [-0.2, -0.15) is 0 Å². The number of thiazole rings is 1. The molecule has 1 fully saturated rings. The van der Waals surface area contributed by atoms with Gasteiger partial charge in [0.25, 0.3) is 0 Å². The first-order chi connectivity index (χ1) is 12.1. The predicted octanol–water partition coefficient (Wildman–Crippen LogP) is 3.45. The van der Waals surface area contributed by atoms with Crippen LogP contribution in [0.15, 0.2) is 54.6 Å². The van der Waals surface area contributed by atoms with Gasteiger partial charge < -0.3 is 10.2 Å². The number of hydrogen-bond donors (Lipinski definition) is 1. The van der Waals surface area contributed by atoms with E-state index in [2.05, 4.69) is 10.3 Å². The summed E-state index contributed by atoms with van der Waals surface area (Å²) in [6.45, 7) is 0. The summed E-state index contributed by atoms with van der Waals surface area (Å²) < 4.78 is 1.03. The van der Waals surface area contributed by atoms with Crippen LogP contribution in [0.4, 0.5) is 5.13 Å². The Morgan fingerprint density at radius 1 is 1.16 bits per heavy atom. The molecule has 126 valence electrons. The van der Waals surface area contributed by atoms with Crippen molar-refractivity contribution in [3.8, 4) is 0 Å². The Bertz CT molecular complexity index is 905. The number of amides is 2. The molecule has 0 bridgehead atoms. The molecule has 1 aromatic heterocycles. The average Bonchev–Trinajstić information content (AvgIpc) is 3.16. The summed E-state index contributed by atoms with van der Waals surface area (Å²) in [5.41, 5.74) is 1.84. The van der Waals surface area contributed by atoms with Crippen LogP contribution in [0.5, 0.6) is 0 Å². The molecule has 0 radical (unpaired) electrons. The third-order valence-electron chi connectivity index (χ3n) is 4.59. The quantitative estimate of drug-likeness (QED) is 0.786. The molecular formula is C19H17N3O2S. The molecule has 0 spiro atoms. The van der Waals surface area contributed by atoms with E-state index in [9.17, 15) is 9.59 Å². The molecule has 4 rings (SSSR count). The van der Waals surface area contributed by atoms with Crippen molar-refractivity contribution in [2.75, 3.05) is 12.4 Å². The van der Waals surface area contributed by atoms with Crippen molar-refractivity contribution in [2.45, 2.75) is 12.5 Å². The smallest absolute Gasteiger partial charge is 0.232 e. The Balaban J connectivity index is 1.60. The average molecular weight is 351 g/mol. The standard InChI is InChI=1S/C19H17N3O2S/c1-22-16(23)11-13(17(22)12-7-3-2-4-8-12)18(24)21-19-20-14-9-5-6-10-15(14)25-19/h2-10,13,17H,11H2,1H3,(H,20,21,24)/t13-,17+/m0/s1. The number of nitrogens with zero attached hydrogens (tertiary/aromatic N) is 2. The zero-order chi connectivity index (χ0) is 17.4. The fourth-order valence-corrected chi connectivity index (χ4v) is 4.20. The Morgan fingerprint density at radius 3 is 2.64 bits per heavy atom. The second-order valence-corrected chi connectivity index (χ2v) is 7.18. The van der Waals surface area contributed by atoms with Crippen LogP contribution in [0.1, 0.15) is 18.0 Å². The molecule has 25 heavy (non-hydrogen) atoms. The number of para-hydroxylation sites is 1. The molecule has 0 saturated carbocycles. The zero-order valence-corrected chi connectivity index (χ0v) is 14.5. The number of carbonyl (C=O) groups is 2. The molecule has 3 aromatic rings. The van der Waals surface area contributed by atoms with E-state index in [0.717, 1.165) is 15.8 Å². The molecule has 6 heteroatoms. The van der Waals surface area contributed by atoms with E-state index in [1.807, 2.05) is 54.6 Å². The minimum absolute atomic E-state index is 0.0155. The highest BCUT2D eigenvalue weighted by atomic mass is 32.1. The summed E-state index contributed by atoms with van der Waals surface area (Å²) in [5.74, 6) is -0.601. The zero-order valence-electron chi connectivity index (χ0n) is 13.7. The maximum Gasteiger partial charge on any atom is 0.232 e. The Morgan fingerprint density at radius 2 is 1.88 bits per heavy atom. The van der Waals surface area contributed by atoms with Gasteiger partial charge >= 0.3 is 0 Å². The van der Waals surface area contributed by atoms with E-state index in [0.29, 0.717) is 5.13 Å². The molecule has 1 aliphatic heterocycles. The highest BCUT2D eigenvalue weighted by Crippen LogP contribution is 2.38. The van der Waals surface area contributed by atoms with Gasteiger partial charge in [0.15, 0.2) is 5.13 Å². The van der Waals surface area contributed by atoms with Gasteiger partial charge in [-0.3, -0.25) is 9.59 Å². The molecule has 2 amide bonds. The molecule has 0 aliphatic carbocycles. The second kappa shape index (κ2) is 6.29. The van der Waals surface area contributed by atoms with E-state index < -0.39 is 5.92 Å². The first-order valence-corrected chi connectivity index (χ1v) is 8.92. The number of anilines is 1. The van der Waals surface area contributed by atoms with Gasteiger partial charge in [-0.1, -0.05) is 53.8 Å². The summed E-state index contributed by atoms with van der Waals surface area (Å²) in [6.07, 6.45) is 0.215. The first-order valence-electron chi connectivity index (χ1n) is 8.10. The predicted molar refractivity (Wildman–Crippen MR) is 98.3 cm³/mol. The number of benzene rings is 2. The van der Waals surface area contributed by atoms with Crippen LogP contribution in [0, 0.1) is 5.92 Å². The van der Waals surface area contributed by atoms with Crippen molar-refractivity contribution < 1.29 is 9.59 Å². The van der Waals surface area contributed by atoms with Crippen molar-refractivity contribution in [3.63, 3.8) is 0 Å². The largest absolute Gasteiger partial charge is 0.338 e. The van der Waals surface area contributed by atoms with E-state index in [-0.39, 0.29) is 24.3 Å². The number of hydrogen-bond acceptors (Lipinski definition) is 4. The van der Waals surface area contributed by atoms with Crippen molar-refractivity contribution in [2.24, 2.45) is 5.92 Å². The summed E-state index contributed by atoms with van der Waals surface area (Å²) >= 11 is 1.44. The summed E-state index contributed by atoms with van der Waals surface area (Å²) in [5, 5.41) is 3.47. The van der Waals surface area contributed by atoms with Gasteiger partial charge in [0.05, 0.1) is 22.2 Å². The van der Waals surface area contributed by atoms with Crippen LogP contribution in [0.2, 0.25) is 0 Å². The molecule has 1 aliphatic rings. The van der Waals surface area contributed by atoms with E-state index in [1.54, 1.807) is 11.9 Å². The molecule has 2 atom stereocenters. The van der Waals surface area contributed by atoms with Crippen LogP contribution in [-0.2, 0) is 9.59 Å². The number of aromatic nitrogens is 1. The normalized spacial score (nSPS) is 20.2. The highest BCUT2D eigenvalue weighted by molar-refractivity contribution is 7.22. The van der Waals surface area contributed by atoms with Crippen molar-refractivity contribution in [1.82, 2.24) is 9.88 Å². The van der Waals surface area contributed by atoms with Gasteiger partial charge in [0.2, 0.25) is 11.8 Å². The van der Waals surface area contributed by atoms with E-state index >= 15 is 0 Å². The first kappa shape index (κ1) is 15.8. The lowest BCUT2D eigenvalue weighted by Gasteiger charge is -2.24. The van der Waals surface area contributed by atoms with Crippen molar-refractivity contribution in [3.05, 3.63) is 60.2 Å². The third-order valence-corrected chi connectivity index (χ3v) is 5.54. The molecule has 2 heterocycles. The van der Waals surface area contributed by atoms with Crippen LogP contribution in [0.3, 0.4) is 0 Å². The molecular weight excluding hydrogens is 334 g/mol. The summed E-state index contributed by atoms with van der Waals surface area (Å²) in [4.78, 5) is 31.2. The monoisotopic (exact) mass is 351 g/mol. The molecule has 1 saturated heterocycles. The fraction of sp³-hybridized carbons (Fsp3) is 0.211. The molecule has 1 N–H and O–H groups in total. The van der Waals surface area contributed by atoms with Crippen LogP contribution >= 0.6 is 11.3 Å². The Labute approximate surface area is 149 Å². The number of fused-ring (bicyclic) bond motifs is 1. The Kier molecular flexibility index (Phi) is 3.97. The van der Waals surface area contributed by atoms with Gasteiger partial charge in [-0.05, 0) is 17.7 Å². The fourth-order valence-electron chi connectivity index (χ4n) is 3.33. The molecule has 5 nitrogen and oxygen atoms in total. The van der Waals surface area contributed by atoms with Gasteiger partial charge in [0.1, 0.15) is 0 Å². The number of nitrogens with one attached hydrogen (secondary N) is 1. The number of rotatable bonds is 3. The lowest BCUT2D eigenvalue weighted by Crippen LogP contribution is -2.29. The van der Waals surface area contributed by atoms with Crippen LogP contribution in [0.25, 0.3) is 10.2 Å². The highest BCUT2D eigenvalue weighted by Gasteiger charge is 2.42. The molecule has 2 aromatic carbocycles. The topological polar surface area (TPSA) is 62.3 Å².